The van der Waals surface area contributed by atoms with Crippen LogP contribution in [0.25, 0.3) is 39.5 Å². The van der Waals surface area contributed by atoms with Crippen molar-refractivity contribution in [2.24, 2.45) is 11.8 Å². The standard InChI is InChI=1S/C57H58N2O5/c1-5-9-11-39(7-3)37-63-50-27-23-48(24-28-50)59(49-25-29-51(30-26-49)64-38-40(8-4)12-10-6-2)47-21-17-43(18-22-47)45-20-32-53-52-31-19-44(34-54(52)56(60)55(53)35-45)42-15-13-41(14-16-42)33-46(36-58)57(61)62/h13-35,39-40H,5-12,37-38H2,1-4H3,(H,61,62). The van der Waals surface area contributed by atoms with Gasteiger partial charge in [-0.15, -0.1) is 0 Å². The average molecular weight is 851 g/mol. The van der Waals surface area contributed by atoms with Crippen molar-refractivity contribution in [3.05, 3.63) is 156 Å². The Balaban J connectivity index is 1.11. The number of nitriles is 1. The number of carbonyl (C=O) groups excluding carboxylic acids is 1. The van der Waals surface area contributed by atoms with Crippen molar-refractivity contribution in [1.29, 1.82) is 5.26 Å². The van der Waals surface area contributed by atoms with Crippen LogP contribution in [0.15, 0.2) is 139 Å². The van der Waals surface area contributed by atoms with Crippen molar-refractivity contribution < 1.29 is 24.2 Å². The zero-order valence-electron chi connectivity index (χ0n) is 37.5. The van der Waals surface area contributed by atoms with Gasteiger partial charge < -0.3 is 19.5 Å². The van der Waals surface area contributed by atoms with Crippen LogP contribution < -0.4 is 14.4 Å². The summed E-state index contributed by atoms with van der Waals surface area (Å²) in [4.78, 5) is 27.5. The molecule has 0 spiro atoms. The monoisotopic (exact) mass is 850 g/mol. The molecule has 1 aliphatic rings. The normalized spacial score (nSPS) is 12.8. The fourth-order valence-corrected chi connectivity index (χ4v) is 8.38. The Morgan fingerprint density at radius 3 is 1.39 bits per heavy atom. The zero-order valence-corrected chi connectivity index (χ0v) is 37.5. The second-order valence-corrected chi connectivity index (χ2v) is 16.8. The van der Waals surface area contributed by atoms with Crippen LogP contribution >= 0.6 is 0 Å². The molecular weight excluding hydrogens is 793 g/mol. The summed E-state index contributed by atoms with van der Waals surface area (Å²) in [5.74, 6) is 1.55. The van der Waals surface area contributed by atoms with E-state index in [0.717, 1.165) is 88.0 Å². The molecule has 6 aromatic rings. The number of hydrogen-bond acceptors (Lipinski definition) is 6. The number of ketones is 1. The quantitative estimate of drug-likeness (QED) is 0.0568. The third kappa shape index (κ3) is 10.6. The Morgan fingerprint density at radius 1 is 0.594 bits per heavy atom. The van der Waals surface area contributed by atoms with E-state index in [1.54, 1.807) is 18.2 Å². The molecule has 64 heavy (non-hydrogen) atoms. The first-order valence-electron chi connectivity index (χ1n) is 22.9. The second kappa shape index (κ2) is 21.4. The number of anilines is 3. The fraction of sp³-hybridized carbons (Fsp3) is 0.281. The minimum absolute atomic E-state index is 0.0200. The molecule has 0 aromatic heterocycles. The van der Waals surface area contributed by atoms with Crippen molar-refractivity contribution in [2.45, 2.75) is 79.1 Å². The van der Waals surface area contributed by atoms with Gasteiger partial charge in [0.25, 0.3) is 0 Å². The van der Waals surface area contributed by atoms with Crippen LogP contribution in [-0.2, 0) is 4.79 Å². The number of aliphatic carboxylic acids is 1. The van der Waals surface area contributed by atoms with Crippen LogP contribution in [0.4, 0.5) is 17.1 Å². The highest BCUT2D eigenvalue weighted by molar-refractivity contribution is 6.22. The Labute approximate surface area is 378 Å². The number of carboxylic acids is 1. The van der Waals surface area contributed by atoms with E-state index < -0.39 is 5.97 Å². The maximum absolute atomic E-state index is 14.0. The fourth-order valence-electron chi connectivity index (χ4n) is 8.38. The van der Waals surface area contributed by atoms with E-state index in [1.165, 1.54) is 44.6 Å². The lowest BCUT2D eigenvalue weighted by molar-refractivity contribution is -0.132. The topological polar surface area (TPSA) is 99.9 Å². The third-order valence-corrected chi connectivity index (χ3v) is 12.4. The SMILES string of the molecule is CCCCC(CC)COc1ccc(N(c2ccc(OCC(CC)CCCC)cc2)c2ccc(-c3ccc4c(c3)C(=O)c3cc(-c5ccc(C=C(C#N)C(=O)O)cc5)ccc3-4)cc2)cc1. The van der Waals surface area contributed by atoms with Crippen LogP contribution in [-0.4, -0.2) is 30.1 Å². The van der Waals surface area contributed by atoms with Crippen molar-refractivity contribution in [1.82, 2.24) is 0 Å². The highest BCUT2D eigenvalue weighted by Crippen LogP contribution is 2.42. The van der Waals surface area contributed by atoms with Gasteiger partial charge in [0.1, 0.15) is 23.1 Å². The first-order valence-corrected chi connectivity index (χ1v) is 22.9. The first kappa shape index (κ1) is 45.1. The molecule has 0 bridgehead atoms. The molecule has 2 unspecified atom stereocenters. The lowest BCUT2D eigenvalue weighted by Crippen LogP contribution is -2.12. The summed E-state index contributed by atoms with van der Waals surface area (Å²) in [6.07, 6.45) is 10.8. The van der Waals surface area contributed by atoms with Crippen LogP contribution in [0, 0.1) is 23.2 Å². The summed E-state index contributed by atoms with van der Waals surface area (Å²) < 4.78 is 12.6. The van der Waals surface area contributed by atoms with E-state index in [9.17, 15) is 14.7 Å². The number of fused-ring (bicyclic) bond motifs is 3. The predicted molar refractivity (Wildman–Crippen MR) is 260 cm³/mol. The van der Waals surface area contributed by atoms with Gasteiger partial charge in [0.15, 0.2) is 5.78 Å². The molecule has 0 saturated heterocycles. The number of rotatable bonds is 21. The third-order valence-electron chi connectivity index (χ3n) is 12.4. The van der Waals surface area contributed by atoms with E-state index in [2.05, 4.69) is 111 Å². The maximum atomic E-state index is 14.0. The minimum Gasteiger partial charge on any atom is -0.493 e. The van der Waals surface area contributed by atoms with Gasteiger partial charge in [-0.2, -0.15) is 5.26 Å². The summed E-state index contributed by atoms with van der Waals surface area (Å²) in [5.41, 5.74) is 10.1. The van der Waals surface area contributed by atoms with Gasteiger partial charge in [-0.05, 0) is 142 Å². The van der Waals surface area contributed by atoms with Crippen molar-refractivity contribution in [3.63, 3.8) is 0 Å². The molecular formula is C57H58N2O5. The molecule has 0 radical (unpaired) electrons. The number of hydrogen-bond donors (Lipinski definition) is 1. The molecule has 1 aliphatic carbocycles. The summed E-state index contributed by atoms with van der Waals surface area (Å²) in [6, 6.07) is 46.2. The first-order chi connectivity index (χ1) is 31.2. The lowest BCUT2D eigenvalue weighted by atomic mass is 9.97. The second-order valence-electron chi connectivity index (χ2n) is 16.8. The van der Waals surface area contributed by atoms with Crippen LogP contribution in [0.1, 0.15) is 101 Å². The van der Waals surface area contributed by atoms with E-state index in [1.807, 2.05) is 42.5 Å². The van der Waals surface area contributed by atoms with Gasteiger partial charge in [-0.3, -0.25) is 4.79 Å². The largest absolute Gasteiger partial charge is 0.493 e. The number of ether oxygens (including phenoxy) is 2. The summed E-state index contributed by atoms with van der Waals surface area (Å²) >= 11 is 0. The molecule has 0 heterocycles. The molecule has 7 nitrogen and oxygen atoms in total. The molecule has 0 fully saturated rings. The zero-order chi connectivity index (χ0) is 45.0. The van der Waals surface area contributed by atoms with Gasteiger partial charge in [0.2, 0.25) is 0 Å². The molecule has 0 amide bonds. The maximum Gasteiger partial charge on any atom is 0.346 e. The van der Waals surface area contributed by atoms with Gasteiger partial charge in [-0.1, -0.05) is 127 Å². The van der Waals surface area contributed by atoms with Crippen molar-refractivity contribution in [2.75, 3.05) is 18.1 Å². The molecule has 7 heteroatoms. The van der Waals surface area contributed by atoms with Crippen LogP contribution in [0.2, 0.25) is 0 Å². The predicted octanol–water partition coefficient (Wildman–Crippen LogP) is 14.9. The van der Waals surface area contributed by atoms with Gasteiger partial charge >= 0.3 is 5.97 Å². The smallest absolute Gasteiger partial charge is 0.346 e. The Morgan fingerprint density at radius 2 is 1.00 bits per heavy atom. The van der Waals surface area contributed by atoms with Crippen LogP contribution in [0.3, 0.4) is 0 Å². The number of benzene rings is 6. The highest BCUT2D eigenvalue weighted by Gasteiger charge is 2.27. The van der Waals surface area contributed by atoms with E-state index in [-0.39, 0.29) is 11.4 Å². The highest BCUT2D eigenvalue weighted by atomic mass is 16.5. The summed E-state index contributed by atoms with van der Waals surface area (Å²) in [6.45, 7) is 10.4. The number of carbonyl (C=O) groups is 2. The van der Waals surface area contributed by atoms with E-state index >= 15 is 0 Å². The average Bonchev–Trinajstić information content (AvgIpc) is 3.61. The Kier molecular flexibility index (Phi) is 15.1. The Bertz CT molecular complexity index is 2540. The minimum atomic E-state index is -1.27. The van der Waals surface area contributed by atoms with E-state index in [4.69, 9.17) is 14.7 Å². The molecule has 1 N–H and O–H groups in total. The summed E-state index contributed by atoms with van der Waals surface area (Å²) in [5, 5.41) is 18.4. The molecule has 326 valence electrons. The summed E-state index contributed by atoms with van der Waals surface area (Å²) in [7, 11) is 0. The molecule has 0 saturated carbocycles. The molecule has 6 aromatic carbocycles. The van der Waals surface area contributed by atoms with Crippen molar-refractivity contribution in [3.8, 4) is 50.9 Å². The van der Waals surface area contributed by atoms with Crippen molar-refractivity contribution >= 4 is 34.9 Å². The lowest BCUT2D eigenvalue weighted by Gasteiger charge is -2.26. The number of unbranched alkanes of at least 4 members (excludes halogenated alkanes) is 2. The van der Waals surface area contributed by atoms with Gasteiger partial charge in [-0.25, -0.2) is 4.79 Å². The van der Waals surface area contributed by atoms with Crippen LogP contribution in [0.5, 0.6) is 11.5 Å². The number of nitrogens with zero attached hydrogens (tertiary/aromatic N) is 2. The number of carboxylic acid groups (broad SMARTS) is 1. The van der Waals surface area contributed by atoms with Gasteiger partial charge in [0.05, 0.1) is 13.2 Å². The van der Waals surface area contributed by atoms with Gasteiger partial charge in [0, 0.05) is 28.2 Å². The van der Waals surface area contributed by atoms with E-state index in [0.29, 0.717) is 28.5 Å². The molecule has 0 aliphatic heterocycles. The Hall–Kier alpha value is -6.91. The molecule has 7 rings (SSSR count). The molecule has 2 atom stereocenters.